The largest absolute Gasteiger partial charge is 0.351 e. The summed E-state index contributed by atoms with van der Waals surface area (Å²) in [5.74, 6) is 0.0195. The smallest absolute Gasteiger partial charge is 0.217 e. The van der Waals surface area contributed by atoms with E-state index in [9.17, 15) is 4.79 Å². The highest BCUT2D eigenvalue weighted by molar-refractivity contribution is 6.30. The topological polar surface area (TPSA) is 41.1 Å². The van der Waals surface area contributed by atoms with Gasteiger partial charge in [-0.3, -0.25) is 4.79 Å². The molecule has 0 bridgehead atoms. The van der Waals surface area contributed by atoms with Crippen LogP contribution in [0.5, 0.6) is 0 Å². The van der Waals surface area contributed by atoms with Crippen LogP contribution in [0.4, 0.5) is 0 Å². The summed E-state index contributed by atoms with van der Waals surface area (Å²) in [7, 11) is 0. The normalized spacial score (nSPS) is 18.1. The Bertz CT molecular complexity index is 506. The van der Waals surface area contributed by atoms with Crippen LogP contribution in [0, 0.1) is 0 Å². The van der Waals surface area contributed by atoms with Crippen molar-refractivity contribution in [2.45, 2.75) is 64.1 Å². The Morgan fingerprint density at radius 1 is 1.33 bits per heavy atom. The first kappa shape index (κ1) is 16.3. The summed E-state index contributed by atoms with van der Waals surface area (Å²) in [6.07, 6.45) is 3.20. The first-order valence-electron chi connectivity index (χ1n) is 7.55. The molecule has 1 aliphatic rings. The zero-order valence-electron chi connectivity index (χ0n) is 13.3. The molecule has 4 heteroatoms. The molecule has 0 spiro atoms. The summed E-state index contributed by atoms with van der Waals surface area (Å²) in [4.78, 5) is 11.2. The van der Waals surface area contributed by atoms with Crippen LogP contribution >= 0.6 is 11.6 Å². The fourth-order valence-corrected chi connectivity index (χ4v) is 3.35. The number of nitrogens with one attached hydrogen (secondary N) is 2. The Kier molecular flexibility index (Phi) is 4.64. The van der Waals surface area contributed by atoms with Crippen molar-refractivity contribution in [1.82, 2.24) is 10.6 Å². The van der Waals surface area contributed by atoms with E-state index in [0.717, 1.165) is 24.3 Å². The molecule has 0 aliphatic heterocycles. The summed E-state index contributed by atoms with van der Waals surface area (Å²) >= 11 is 5.96. The number of rotatable bonds is 6. The number of carbonyl (C=O) groups is 1. The molecule has 0 radical (unpaired) electrons. The van der Waals surface area contributed by atoms with E-state index in [4.69, 9.17) is 11.6 Å². The maximum absolute atomic E-state index is 11.2. The van der Waals surface area contributed by atoms with E-state index in [1.165, 1.54) is 5.56 Å². The molecule has 1 aliphatic carbocycles. The molecule has 2 N–H and O–H groups in total. The molecule has 1 aromatic carbocycles. The Balaban J connectivity index is 1.97. The van der Waals surface area contributed by atoms with Crippen molar-refractivity contribution in [2.24, 2.45) is 0 Å². The van der Waals surface area contributed by atoms with Gasteiger partial charge in [0.1, 0.15) is 0 Å². The fraction of sp³-hybridized carbons (Fsp3) is 0.588. The summed E-state index contributed by atoms with van der Waals surface area (Å²) in [6.45, 7) is 7.87. The highest BCUT2D eigenvalue weighted by Crippen LogP contribution is 2.46. The van der Waals surface area contributed by atoms with Gasteiger partial charge >= 0.3 is 0 Å². The van der Waals surface area contributed by atoms with Crippen molar-refractivity contribution in [3.05, 3.63) is 34.9 Å². The lowest BCUT2D eigenvalue weighted by atomic mass is 9.94. The van der Waals surface area contributed by atoms with Crippen LogP contribution in [0.1, 0.15) is 52.5 Å². The van der Waals surface area contributed by atoms with Gasteiger partial charge in [0.15, 0.2) is 0 Å². The highest BCUT2D eigenvalue weighted by Gasteiger charge is 2.45. The Labute approximate surface area is 132 Å². The van der Waals surface area contributed by atoms with E-state index >= 15 is 0 Å². The average Bonchev–Trinajstić information content (AvgIpc) is 3.07. The van der Waals surface area contributed by atoms with Gasteiger partial charge in [0.2, 0.25) is 5.91 Å². The first-order chi connectivity index (χ1) is 9.72. The van der Waals surface area contributed by atoms with Crippen molar-refractivity contribution in [2.75, 3.05) is 0 Å². The first-order valence-corrected chi connectivity index (χ1v) is 7.93. The maximum atomic E-state index is 11.2. The van der Waals surface area contributed by atoms with E-state index in [1.807, 2.05) is 12.1 Å². The minimum Gasteiger partial charge on any atom is -0.351 e. The van der Waals surface area contributed by atoms with Crippen molar-refractivity contribution < 1.29 is 4.79 Å². The van der Waals surface area contributed by atoms with Gasteiger partial charge < -0.3 is 10.6 Å². The number of amides is 1. The van der Waals surface area contributed by atoms with Crippen molar-refractivity contribution in [3.63, 3.8) is 0 Å². The third kappa shape index (κ3) is 4.45. The van der Waals surface area contributed by atoms with Crippen LogP contribution in [0.2, 0.25) is 5.02 Å². The Morgan fingerprint density at radius 2 is 1.90 bits per heavy atom. The van der Waals surface area contributed by atoms with Crippen LogP contribution in [-0.2, 0) is 10.3 Å². The molecule has 1 atom stereocenters. The van der Waals surface area contributed by atoms with Gasteiger partial charge in [0.05, 0.1) is 0 Å². The predicted molar refractivity (Wildman–Crippen MR) is 87.5 cm³/mol. The van der Waals surface area contributed by atoms with Crippen molar-refractivity contribution >= 4 is 17.5 Å². The van der Waals surface area contributed by atoms with Crippen LogP contribution in [0.25, 0.3) is 0 Å². The molecule has 1 fully saturated rings. The number of benzene rings is 1. The van der Waals surface area contributed by atoms with Crippen molar-refractivity contribution in [1.29, 1.82) is 0 Å². The molecule has 21 heavy (non-hydrogen) atoms. The second-order valence-electron chi connectivity index (χ2n) is 6.90. The number of carbonyl (C=O) groups excluding carboxylic acids is 1. The molecule has 0 saturated heterocycles. The SMILES string of the molecule is CC(=O)NC(C)(C)CC(C)NC1(c2ccc(Cl)cc2)CC1. The van der Waals surface area contributed by atoms with Crippen molar-refractivity contribution in [3.8, 4) is 0 Å². The zero-order valence-corrected chi connectivity index (χ0v) is 14.1. The molecular weight excluding hydrogens is 284 g/mol. The molecular formula is C17H25ClN2O. The minimum atomic E-state index is -0.200. The van der Waals surface area contributed by atoms with E-state index in [1.54, 1.807) is 6.92 Å². The number of halogens is 1. The summed E-state index contributed by atoms with van der Waals surface area (Å²) in [5.41, 5.74) is 1.20. The Hall–Kier alpha value is -1.06. The zero-order chi connectivity index (χ0) is 15.7. The van der Waals surface area contributed by atoms with E-state index in [2.05, 4.69) is 43.5 Å². The summed E-state index contributed by atoms with van der Waals surface area (Å²) in [6, 6.07) is 8.43. The third-order valence-corrected chi connectivity index (χ3v) is 4.25. The lowest BCUT2D eigenvalue weighted by Gasteiger charge is -2.32. The number of hydrogen-bond donors (Lipinski definition) is 2. The summed E-state index contributed by atoms with van der Waals surface area (Å²) in [5, 5.41) is 7.52. The quantitative estimate of drug-likeness (QED) is 0.843. The summed E-state index contributed by atoms with van der Waals surface area (Å²) < 4.78 is 0. The molecule has 1 saturated carbocycles. The number of hydrogen-bond acceptors (Lipinski definition) is 2. The molecule has 1 aromatic rings. The van der Waals surface area contributed by atoms with Gasteiger partial charge in [0, 0.05) is 29.1 Å². The van der Waals surface area contributed by atoms with Gasteiger partial charge in [0.25, 0.3) is 0 Å². The fourth-order valence-electron chi connectivity index (χ4n) is 3.23. The molecule has 1 amide bonds. The molecule has 3 nitrogen and oxygen atoms in total. The van der Waals surface area contributed by atoms with Crippen LogP contribution < -0.4 is 10.6 Å². The lowest BCUT2D eigenvalue weighted by molar-refractivity contribution is -0.120. The third-order valence-electron chi connectivity index (χ3n) is 4.00. The second-order valence-corrected chi connectivity index (χ2v) is 7.34. The van der Waals surface area contributed by atoms with E-state index in [-0.39, 0.29) is 17.0 Å². The standard InChI is InChI=1S/C17H25ClN2O/c1-12(11-16(3,4)20-13(2)21)19-17(9-10-17)14-5-7-15(18)8-6-14/h5-8,12,19H,9-11H2,1-4H3,(H,20,21). The minimum absolute atomic E-state index is 0.0195. The predicted octanol–water partition coefficient (Wildman–Crippen LogP) is 3.61. The Morgan fingerprint density at radius 3 is 2.38 bits per heavy atom. The van der Waals surface area contributed by atoms with Gasteiger partial charge in [-0.05, 0) is 57.7 Å². The van der Waals surface area contributed by atoms with E-state index < -0.39 is 0 Å². The molecule has 0 heterocycles. The van der Waals surface area contributed by atoms with Gasteiger partial charge in [-0.1, -0.05) is 23.7 Å². The molecule has 1 unspecified atom stereocenters. The molecule has 116 valence electrons. The second kappa shape index (κ2) is 5.98. The molecule has 2 rings (SSSR count). The van der Waals surface area contributed by atoms with Crippen LogP contribution in [0.3, 0.4) is 0 Å². The highest BCUT2D eigenvalue weighted by atomic mass is 35.5. The lowest BCUT2D eigenvalue weighted by Crippen LogP contribution is -2.48. The van der Waals surface area contributed by atoms with Gasteiger partial charge in [-0.15, -0.1) is 0 Å². The van der Waals surface area contributed by atoms with E-state index in [0.29, 0.717) is 6.04 Å². The van der Waals surface area contributed by atoms with Crippen LogP contribution in [0.15, 0.2) is 24.3 Å². The maximum Gasteiger partial charge on any atom is 0.217 e. The van der Waals surface area contributed by atoms with Gasteiger partial charge in [-0.2, -0.15) is 0 Å². The van der Waals surface area contributed by atoms with Crippen LogP contribution in [-0.4, -0.2) is 17.5 Å². The monoisotopic (exact) mass is 308 g/mol. The average molecular weight is 309 g/mol. The molecule has 0 aromatic heterocycles. The van der Waals surface area contributed by atoms with Gasteiger partial charge in [-0.25, -0.2) is 0 Å².